The molecular formula is C37H31ClO4S2. The Morgan fingerprint density at radius 1 is 0.705 bits per heavy atom. The van der Waals surface area contributed by atoms with Gasteiger partial charge < -0.3 is 14.6 Å². The minimum atomic E-state index is -1.07. The van der Waals surface area contributed by atoms with E-state index >= 15 is 0 Å². The maximum absolute atomic E-state index is 10.8. The molecule has 5 aromatic carbocycles. The minimum absolute atomic E-state index is 0.287. The number of carboxylic acid groups (broad SMARTS) is 1. The molecule has 0 amide bonds. The van der Waals surface area contributed by atoms with Crippen molar-refractivity contribution >= 4 is 46.7 Å². The highest BCUT2D eigenvalue weighted by Crippen LogP contribution is 2.32. The van der Waals surface area contributed by atoms with Crippen LogP contribution in [0.25, 0.3) is 27.8 Å². The Balaban J connectivity index is 1.42. The number of hydrogen-bond acceptors (Lipinski definition) is 5. The molecule has 1 N–H and O–H groups in total. The van der Waals surface area contributed by atoms with E-state index in [1.165, 1.54) is 20.9 Å². The molecule has 5 aromatic rings. The van der Waals surface area contributed by atoms with Gasteiger partial charge >= 0.3 is 5.97 Å². The fraction of sp³-hybridized carbons (Fsp3) is 0.108. The lowest BCUT2D eigenvalue weighted by atomic mass is 9.94. The van der Waals surface area contributed by atoms with Crippen molar-refractivity contribution in [2.45, 2.75) is 9.79 Å². The Labute approximate surface area is 271 Å². The lowest BCUT2D eigenvalue weighted by Crippen LogP contribution is -2.09. The molecule has 0 aromatic heterocycles. The van der Waals surface area contributed by atoms with Gasteiger partial charge in [-0.3, -0.25) is 0 Å². The highest BCUT2D eigenvalue weighted by molar-refractivity contribution is 7.98. The Bertz CT molecular complexity index is 1670. The van der Waals surface area contributed by atoms with Gasteiger partial charge in [0.25, 0.3) is 0 Å². The van der Waals surface area contributed by atoms with Gasteiger partial charge in [0.2, 0.25) is 0 Å². The molecule has 0 heterocycles. The van der Waals surface area contributed by atoms with Crippen molar-refractivity contribution in [2.24, 2.45) is 0 Å². The molecule has 5 rings (SSSR count). The fourth-order valence-electron chi connectivity index (χ4n) is 4.74. The molecule has 0 atom stereocenters. The summed E-state index contributed by atoms with van der Waals surface area (Å²) in [5, 5.41) is 9.15. The van der Waals surface area contributed by atoms with E-state index in [4.69, 9.17) is 26.2 Å². The largest absolute Gasteiger partial charge is 0.489 e. The molecule has 4 nitrogen and oxygen atoms in total. The average molecular weight is 639 g/mol. The van der Waals surface area contributed by atoms with E-state index in [-0.39, 0.29) is 5.02 Å². The highest BCUT2D eigenvalue weighted by Gasteiger charge is 2.10. The summed E-state index contributed by atoms with van der Waals surface area (Å²) >= 11 is 9.77. The van der Waals surface area contributed by atoms with Crippen LogP contribution in [0.15, 0.2) is 131 Å². The number of halogens is 1. The van der Waals surface area contributed by atoms with Gasteiger partial charge in [-0.25, -0.2) is 4.79 Å². The Kier molecular flexibility index (Phi) is 10.7. The Hall–Kier alpha value is -4.10. The van der Waals surface area contributed by atoms with Crippen LogP contribution < -0.4 is 9.47 Å². The van der Waals surface area contributed by atoms with Crippen LogP contribution in [-0.4, -0.2) is 36.8 Å². The van der Waals surface area contributed by atoms with Crippen LogP contribution in [0, 0.1) is 0 Å². The summed E-state index contributed by atoms with van der Waals surface area (Å²) in [5.41, 5.74) is 7.87. The summed E-state index contributed by atoms with van der Waals surface area (Å²) in [7, 11) is 0. The van der Waals surface area contributed by atoms with Crippen molar-refractivity contribution in [3.63, 3.8) is 0 Å². The molecular weight excluding hydrogens is 608 g/mol. The summed E-state index contributed by atoms with van der Waals surface area (Å²) in [5.74, 6) is -0.215. The number of hydrogen-bond donors (Lipinski definition) is 1. The van der Waals surface area contributed by atoms with Crippen LogP contribution >= 0.6 is 35.1 Å². The first-order valence-corrected chi connectivity index (χ1v) is 16.7. The molecule has 0 saturated heterocycles. The second-order valence-electron chi connectivity index (χ2n) is 9.82. The predicted molar refractivity (Wildman–Crippen MR) is 184 cm³/mol. The van der Waals surface area contributed by atoms with E-state index in [1.807, 2.05) is 0 Å². The quantitative estimate of drug-likeness (QED) is 0.137. The van der Waals surface area contributed by atoms with Gasteiger partial charge in [-0.1, -0.05) is 84.4 Å². The third-order valence-electron chi connectivity index (χ3n) is 6.99. The number of benzene rings is 5. The van der Waals surface area contributed by atoms with Crippen molar-refractivity contribution < 1.29 is 19.4 Å². The van der Waals surface area contributed by atoms with Crippen molar-refractivity contribution in [1.29, 1.82) is 0 Å². The van der Waals surface area contributed by atoms with Crippen LogP contribution in [0.4, 0.5) is 0 Å². The van der Waals surface area contributed by atoms with E-state index < -0.39 is 12.6 Å². The van der Waals surface area contributed by atoms with E-state index in [1.54, 1.807) is 41.7 Å². The molecule has 0 radical (unpaired) electrons. The van der Waals surface area contributed by atoms with Gasteiger partial charge in [0.1, 0.15) is 18.1 Å². The highest BCUT2D eigenvalue weighted by atomic mass is 35.5. The van der Waals surface area contributed by atoms with Gasteiger partial charge in [-0.05, 0) is 93.9 Å². The summed E-state index contributed by atoms with van der Waals surface area (Å²) < 4.78 is 11.3. The zero-order chi connectivity index (χ0) is 30.9. The summed E-state index contributed by atoms with van der Waals surface area (Å²) in [6, 6.07) is 39.2. The lowest BCUT2D eigenvalue weighted by Gasteiger charge is -2.13. The molecule has 0 aliphatic rings. The monoisotopic (exact) mass is 638 g/mol. The van der Waals surface area contributed by atoms with E-state index in [0.717, 1.165) is 27.8 Å². The van der Waals surface area contributed by atoms with Gasteiger partial charge in [-0.2, -0.15) is 0 Å². The molecule has 0 fully saturated rings. The van der Waals surface area contributed by atoms with Gasteiger partial charge in [-0.15, -0.1) is 23.5 Å². The molecule has 0 aliphatic carbocycles. The molecule has 0 saturated carbocycles. The molecule has 222 valence electrons. The van der Waals surface area contributed by atoms with Gasteiger partial charge in [0.05, 0.1) is 5.02 Å². The number of ether oxygens (including phenoxy) is 2. The SMILES string of the molecule is CSc1cccc(-c2ccc(C(=CCOc3ccc(OCC(=O)O)c(Cl)c3)c3ccc(-c4cccc(SC)c4)cc3)cc2)c1. The zero-order valence-electron chi connectivity index (χ0n) is 24.3. The smallest absolute Gasteiger partial charge is 0.341 e. The second kappa shape index (κ2) is 15.1. The number of thioether (sulfide) groups is 2. The number of carboxylic acids is 1. The molecule has 44 heavy (non-hydrogen) atoms. The van der Waals surface area contributed by atoms with Crippen LogP contribution in [0.1, 0.15) is 11.1 Å². The average Bonchev–Trinajstić information content (AvgIpc) is 3.06. The van der Waals surface area contributed by atoms with Crippen molar-refractivity contribution in [2.75, 3.05) is 25.7 Å². The maximum atomic E-state index is 10.8. The Morgan fingerprint density at radius 3 is 1.73 bits per heavy atom. The molecule has 0 unspecified atom stereocenters. The van der Waals surface area contributed by atoms with Gasteiger partial charge in [0, 0.05) is 15.9 Å². The third-order valence-corrected chi connectivity index (χ3v) is 8.74. The van der Waals surface area contributed by atoms with Crippen molar-refractivity contribution in [3.05, 3.63) is 137 Å². The Morgan fingerprint density at radius 2 is 1.25 bits per heavy atom. The number of rotatable bonds is 12. The van der Waals surface area contributed by atoms with Crippen molar-refractivity contribution in [1.82, 2.24) is 0 Å². The van der Waals surface area contributed by atoms with Crippen molar-refractivity contribution in [3.8, 4) is 33.8 Å². The van der Waals surface area contributed by atoms with Crippen LogP contribution in [0.3, 0.4) is 0 Å². The van der Waals surface area contributed by atoms with Gasteiger partial charge in [0.15, 0.2) is 6.61 Å². The first kappa shape index (κ1) is 31.3. The number of carbonyl (C=O) groups is 1. The minimum Gasteiger partial charge on any atom is -0.489 e. The van der Waals surface area contributed by atoms with E-state index in [2.05, 4.69) is 116 Å². The van der Waals surface area contributed by atoms with Crippen LogP contribution in [0.5, 0.6) is 11.5 Å². The van der Waals surface area contributed by atoms with Crippen LogP contribution in [-0.2, 0) is 4.79 Å². The third kappa shape index (κ3) is 8.08. The van der Waals surface area contributed by atoms with Crippen LogP contribution in [0.2, 0.25) is 5.02 Å². The first-order valence-electron chi connectivity index (χ1n) is 13.9. The predicted octanol–water partition coefficient (Wildman–Crippen LogP) is 10.1. The molecule has 7 heteroatoms. The summed E-state index contributed by atoms with van der Waals surface area (Å²) in [6.45, 7) is -0.161. The molecule has 0 aliphatic heterocycles. The topological polar surface area (TPSA) is 55.8 Å². The fourth-order valence-corrected chi connectivity index (χ4v) is 5.89. The number of aliphatic carboxylic acids is 1. The maximum Gasteiger partial charge on any atom is 0.341 e. The first-order chi connectivity index (χ1) is 21.4. The normalized spacial score (nSPS) is 10.7. The van der Waals surface area contributed by atoms with E-state index in [9.17, 15) is 4.79 Å². The van der Waals surface area contributed by atoms with E-state index in [0.29, 0.717) is 18.1 Å². The molecule has 0 spiro atoms. The summed E-state index contributed by atoms with van der Waals surface area (Å²) in [6.07, 6.45) is 6.23. The lowest BCUT2D eigenvalue weighted by molar-refractivity contribution is -0.139. The zero-order valence-corrected chi connectivity index (χ0v) is 26.7. The standard InChI is InChI=1S/C37H31ClO4S2/c1-43-32-7-3-5-29(21-32)25-9-13-27(14-10-25)34(19-20-41-31-17-18-36(35(38)23-31)42-24-37(39)40)28-15-11-26(12-16-28)30-6-4-8-33(22-30)44-2/h3-19,21-23H,20,24H2,1-2H3,(H,39,40). The summed E-state index contributed by atoms with van der Waals surface area (Å²) in [4.78, 5) is 13.3. The molecule has 0 bridgehead atoms. The second-order valence-corrected chi connectivity index (χ2v) is 12.0.